The molecule has 0 aliphatic heterocycles. The van der Waals surface area contributed by atoms with Gasteiger partial charge in [-0.05, 0) is 29.3 Å². The Morgan fingerprint density at radius 2 is 2.00 bits per heavy atom. The zero-order chi connectivity index (χ0) is 13.9. The lowest BCUT2D eigenvalue weighted by atomic mass is 9.92. The van der Waals surface area contributed by atoms with Crippen molar-refractivity contribution in [1.82, 2.24) is 9.97 Å². The largest absolute Gasteiger partial charge is 0.371 e. The van der Waals surface area contributed by atoms with E-state index in [1.807, 2.05) is 6.92 Å². The number of hydrogen-bond acceptors (Lipinski definition) is 3. The fourth-order valence-electron chi connectivity index (χ4n) is 1.74. The Morgan fingerprint density at radius 1 is 1.39 bits per heavy atom. The summed E-state index contributed by atoms with van der Waals surface area (Å²) < 4.78 is 7.15. The van der Waals surface area contributed by atoms with Gasteiger partial charge in [0.2, 0.25) is 0 Å². The van der Waals surface area contributed by atoms with Crippen LogP contribution in [0.2, 0.25) is 0 Å². The molecule has 0 saturated carbocycles. The van der Waals surface area contributed by atoms with Crippen molar-refractivity contribution in [2.45, 2.75) is 52.6 Å². The first-order chi connectivity index (χ1) is 8.31. The summed E-state index contributed by atoms with van der Waals surface area (Å²) >= 11 is 8.84. The van der Waals surface area contributed by atoms with Gasteiger partial charge in [-0.2, -0.15) is 0 Å². The number of nitrogens with zero attached hydrogens (tertiary/aromatic N) is 1. The fourth-order valence-corrected chi connectivity index (χ4v) is 2.72. The Morgan fingerprint density at radius 3 is 2.44 bits per heavy atom. The number of rotatable bonds is 4. The molecule has 0 radical (unpaired) electrons. The van der Waals surface area contributed by atoms with Crippen LogP contribution in [0.25, 0.3) is 0 Å². The molecule has 18 heavy (non-hydrogen) atoms. The lowest BCUT2D eigenvalue weighted by Crippen LogP contribution is -2.18. The van der Waals surface area contributed by atoms with Crippen molar-refractivity contribution < 1.29 is 4.74 Å². The van der Waals surface area contributed by atoms with E-state index >= 15 is 0 Å². The maximum atomic E-state index is 5.68. The minimum Gasteiger partial charge on any atom is -0.371 e. The van der Waals surface area contributed by atoms with E-state index in [1.165, 1.54) is 0 Å². The fraction of sp³-hybridized carbons (Fsp3) is 0.692. The number of hydrogen-bond donors (Lipinski definition) is 1. The van der Waals surface area contributed by atoms with Crippen LogP contribution >= 0.6 is 28.1 Å². The van der Waals surface area contributed by atoms with Crippen molar-refractivity contribution in [1.29, 1.82) is 0 Å². The van der Waals surface area contributed by atoms with Gasteiger partial charge < -0.3 is 9.72 Å². The molecule has 0 fully saturated rings. The summed E-state index contributed by atoms with van der Waals surface area (Å²) in [5.41, 5.74) is 1.05. The van der Waals surface area contributed by atoms with Crippen molar-refractivity contribution in [3.63, 3.8) is 0 Å². The van der Waals surface area contributed by atoms with Gasteiger partial charge >= 0.3 is 0 Å². The molecule has 1 atom stereocenters. The molecule has 0 bridgehead atoms. The van der Waals surface area contributed by atoms with E-state index in [9.17, 15) is 0 Å². The number of H-pyrrole nitrogens is 1. The molecule has 0 saturated heterocycles. The van der Waals surface area contributed by atoms with Crippen LogP contribution in [-0.2, 0) is 10.2 Å². The standard InChI is InChI=1S/C13H21BrN2OS/c1-6-8(17-7-2)11-15-10(13(3,4)5)9(14)12(18)16-11/h8H,6-7H2,1-5H3,(H,15,16,18). The third kappa shape index (κ3) is 3.62. The second-order valence-corrected chi connectivity index (χ2v) is 6.40. The van der Waals surface area contributed by atoms with Gasteiger partial charge in [-0.25, -0.2) is 4.98 Å². The van der Waals surface area contributed by atoms with Crippen LogP contribution in [0.1, 0.15) is 58.7 Å². The van der Waals surface area contributed by atoms with Crippen LogP contribution in [0.5, 0.6) is 0 Å². The molecule has 0 aliphatic rings. The minimum absolute atomic E-state index is 0.0193. The van der Waals surface area contributed by atoms with E-state index in [4.69, 9.17) is 17.0 Å². The normalized spacial score (nSPS) is 13.7. The Labute approximate surface area is 122 Å². The second-order valence-electron chi connectivity index (χ2n) is 5.22. The maximum Gasteiger partial charge on any atom is 0.144 e. The Bertz CT molecular complexity index is 465. The van der Waals surface area contributed by atoms with Crippen LogP contribution in [0.4, 0.5) is 0 Å². The summed E-state index contributed by atoms with van der Waals surface area (Å²) in [6, 6.07) is 0. The first kappa shape index (κ1) is 15.8. The molecule has 0 spiro atoms. The minimum atomic E-state index is -0.0223. The molecule has 102 valence electrons. The highest BCUT2D eigenvalue weighted by Crippen LogP contribution is 2.30. The molecule has 1 heterocycles. The first-order valence-electron chi connectivity index (χ1n) is 6.23. The molecule has 0 aromatic carbocycles. The van der Waals surface area contributed by atoms with E-state index in [1.54, 1.807) is 0 Å². The molecule has 0 amide bonds. The van der Waals surface area contributed by atoms with Gasteiger partial charge in [0.1, 0.15) is 16.6 Å². The van der Waals surface area contributed by atoms with E-state index in [-0.39, 0.29) is 11.5 Å². The van der Waals surface area contributed by atoms with Crippen molar-refractivity contribution >= 4 is 28.1 Å². The van der Waals surface area contributed by atoms with Crippen LogP contribution < -0.4 is 0 Å². The zero-order valence-electron chi connectivity index (χ0n) is 11.6. The smallest absolute Gasteiger partial charge is 0.144 e. The van der Waals surface area contributed by atoms with E-state index in [0.29, 0.717) is 11.2 Å². The summed E-state index contributed by atoms with van der Waals surface area (Å²) in [6.07, 6.45) is 0.850. The number of halogens is 1. The average molecular weight is 333 g/mol. The summed E-state index contributed by atoms with van der Waals surface area (Å²) in [6.45, 7) is 11.2. The summed E-state index contributed by atoms with van der Waals surface area (Å²) in [5.74, 6) is 0.817. The predicted molar refractivity (Wildman–Crippen MR) is 80.5 cm³/mol. The summed E-state index contributed by atoms with van der Waals surface area (Å²) in [5, 5.41) is 0. The van der Waals surface area contributed by atoms with Crippen molar-refractivity contribution in [2.24, 2.45) is 0 Å². The number of aromatic amines is 1. The van der Waals surface area contributed by atoms with Crippen molar-refractivity contribution in [2.75, 3.05) is 6.61 Å². The van der Waals surface area contributed by atoms with Gasteiger partial charge in [-0.15, -0.1) is 0 Å². The third-order valence-electron chi connectivity index (χ3n) is 2.68. The second kappa shape index (κ2) is 6.26. The maximum absolute atomic E-state index is 5.68. The van der Waals surface area contributed by atoms with Crippen molar-refractivity contribution in [3.8, 4) is 0 Å². The van der Waals surface area contributed by atoms with E-state index in [0.717, 1.165) is 22.4 Å². The van der Waals surface area contributed by atoms with E-state index in [2.05, 4.69) is 53.6 Å². The predicted octanol–water partition coefficient (Wildman–Crippen LogP) is 4.69. The van der Waals surface area contributed by atoms with Crippen LogP contribution in [0.3, 0.4) is 0 Å². The van der Waals surface area contributed by atoms with E-state index < -0.39 is 0 Å². The zero-order valence-corrected chi connectivity index (χ0v) is 14.0. The molecule has 1 N–H and O–H groups in total. The van der Waals surface area contributed by atoms with Gasteiger partial charge in [0, 0.05) is 17.7 Å². The molecular formula is C13H21BrN2OS. The van der Waals surface area contributed by atoms with Gasteiger partial charge in [0.15, 0.2) is 0 Å². The van der Waals surface area contributed by atoms with Crippen LogP contribution in [0, 0.1) is 4.64 Å². The highest BCUT2D eigenvalue weighted by Gasteiger charge is 2.22. The topological polar surface area (TPSA) is 37.9 Å². The van der Waals surface area contributed by atoms with Gasteiger partial charge in [-0.1, -0.05) is 39.9 Å². The Hall–Kier alpha value is -0.260. The number of nitrogens with one attached hydrogen (secondary N) is 1. The highest BCUT2D eigenvalue weighted by molar-refractivity contribution is 9.10. The molecule has 0 aliphatic carbocycles. The quantitative estimate of drug-likeness (QED) is 0.813. The van der Waals surface area contributed by atoms with Gasteiger partial charge in [0.25, 0.3) is 0 Å². The summed E-state index contributed by atoms with van der Waals surface area (Å²) in [4.78, 5) is 7.80. The SMILES string of the molecule is CCOC(CC)c1nc(=S)c(Br)c(C(C)(C)C)[nH]1. The third-order valence-corrected chi connectivity index (χ3v) is 4.01. The van der Waals surface area contributed by atoms with Gasteiger partial charge in [0.05, 0.1) is 4.47 Å². The number of ether oxygens (including phenoxy) is 1. The van der Waals surface area contributed by atoms with Crippen LogP contribution in [0.15, 0.2) is 4.47 Å². The average Bonchev–Trinajstić information content (AvgIpc) is 2.28. The Kier molecular flexibility index (Phi) is 5.49. The molecule has 1 rings (SSSR count). The summed E-state index contributed by atoms with van der Waals surface area (Å²) in [7, 11) is 0. The lowest BCUT2D eigenvalue weighted by Gasteiger charge is -2.23. The van der Waals surface area contributed by atoms with Gasteiger partial charge in [-0.3, -0.25) is 0 Å². The molecule has 1 aromatic heterocycles. The van der Waals surface area contributed by atoms with Crippen molar-refractivity contribution in [3.05, 3.63) is 20.6 Å². The molecule has 5 heteroatoms. The highest BCUT2D eigenvalue weighted by atomic mass is 79.9. The van der Waals surface area contributed by atoms with Crippen LogP contribution in [-0.4, -0.2) is 16.6 Å². The molecule has 3 nitrogen and oxygen atoms in total. The monoisotopic (exact) mass is 332 g/mol. The molecular weight excluding hydrogens is 312 g/mol. The number of aromatic nitrogens is 2. The Balaban J connectivity index is 3.32. The molecule has 1 unspecified atom stereocenters. The first-order valence-corrected chi connectivity index (χ1v) is 7.43. The lowest BCUT2D eigenvalue weighted by molar-refractivity contribution is 0.0530. The molecule has 1 aromatic rings.